The van der Waals surface area contributed by atoms with Crippen LogP contribution in [0.2, 0.25) is 0 Å². The molecule has 124 valence electrons. The van der Waals surface area contributed by atoms with E-state index < -0.39 is 10.8 Å². The standard InChI is InChI=1S/C16H14BrFN4O2/c1-9-5-6-19-22(9)14-8-13(16(23)24-2)20-15(21-14)10-3-4-12(18)11(17)7-10/h3-6,8,11H,7H2,1-2H3. The Morgan fingerprint density at radius 3 is 2.83 bits per heavy atom. The van der Waals surface area contributed by atoms with Crippen molar-refractivity contribution in [2.75, 3.05) is 7.11 Å². The molecule has 0 saturated carbocycles. The molecule has 1 unspecified atom stereocenters. The Morgan fingerprint density at radius 1 is 1.42 bits per heavy atom. The molecule has 0 bridgehead atoms. The number of aromatic nitrogens is 4. The normalized spacial score (nSPS) is 17.2. The predicted molar refractivity (Wildman–Crippen MR) is 89.7 cm³/mol. The summed E-state index contributed by atoms with van der Waals surface area (Å²) < 4.78 is 19.9. The fourth-order valence-electron chi connectivity index (χ4n) is 2.31. The molecular weight excluding hydrogens is 379 g/mol. The number of hydrogen-bond donors (Lipinski definition) is 0. The number of ether oxygens (including phenoxy) is 1. The third kappa shape index (κ3) is 3.14. The fourth-order valence-corrected chi connectivity index (χ4v) is 2.82. The van der Waals surface area contributed by atoms with Gasteiger partial charge in [-0.05, 0) is 31.1 Å². The van der Waals surface area contributed by atoms with E-state index in [1.54, 1.807) is 17.0 Å². The maximum Gasteiger partial charge on any atom is 0.356 e. The Labute approximate surface area is 146 Å². The van der Waals surface area contributed by atoms with E-state index in [1.165, 1.54) is 19.3 Å². The molecule has 0 saturated heterocycles. The molecule has 2 aromatic heterocycles. The molecule has 1 aliphatic carbocycles. The third-order valence-corrected chi connectivity index (χ3v) is 4.35. The summed E-state index contributed by atoms with van der Waals surface area (Å²) in [5.74, 6) is -0.0369. The number of nitrogens with zero attached hydrogens (tertiary/aromatic N) is 4. The highest BCUT2D eigenvalue weighted by molar-refractivity contribution is 9.09. The summed E-state index contributed by atoms with van der Waals surface area (Å²) in [6, 6.07) is 3.34. The molecule has 6 nitrogen and oxygen atoms in total. The van der Waals surface area contributed by atoms with Gasteiger partial charge in [0.2, 0.25) is 0 Å². The van der Waals surface area contributed by atoms with Gasteiger partial charge in [0.25, 0.3) is 0 Å². The van der Waals surface area contributed by atoms with E-state index >= 15 is 0 Å². The van der Waals surface area contributed by atoms with Gasteiger partial charge < -0.3 is 4.74 Å². The van der Waals surface area contributed by atoms with Crippen molar-refractivity contribution >= 4 is 27.5 Å². The Bertz CT molecular complexity index is 860. The topological polar surface area (TPSA) is 69.9 Å². The molecule has 24 heavy (non-hydrogen) atoms. The third-order valence-electron chi connectivity index (χ3n) is 3.59. The Hall–Kier alpha value is -2.35. The lowest BCUT2D eigenvalue weighted by molar-refractivity contribution is 0.0593. The van der Waals surface area contributed by atoms with Gasteiger partial charge >= 0.3 is 5.97 Å². The van der Waals surface area contributed by atoms with Crippen LogP contribution in [0.25, 0.3) is 11.4 Å². The van der Waals surface area contributed by atoms with Crippen LogP contribution in [0.3, 0.4) is 0 Å². The average molecular weight is 393 g/mol. The van der Waals surface area contributed by atoms with Gasteiger partial charge in [-0.25, -0.2) is 23.8 Å². The molecule has 0 amide bonds. The van der Waals surface area contributed by atoms with Gasteiger partial charge in [0, 0.05) is 18.0 Å². The molecule has 0 radical (unpaired) electrons. The van der Waals surface area contributed by atoms with Crippen LogP contribution in [0.4, 0.5) is 4.39 Å². The molecule has 0 spiro atoms. The van der Waals surface area contributed by atoms with E-state index in [-0.39, 0.29) is 11.5 Å². The summed E-state index contributed by atoms with van der Waals surface area (Å²) in [5, 5.41) is 4.20. The minimum absolute atomic E-state index is 0.120. The minimum Gasteiger partial charge on any atom is -0.464 e. The van der Waals surface area contributed by atoms with Crippen molar-refractivity contribution in [3.63, 3.8) is 0 Å². The number of rotatable bonds is 3. The van der Waals surface area contributed by atoms with E-state index in [9.17, 15) is 9.18 Å². The van der Waals surface area contributed by atoms with Crippen LogP contribution >= 0.6 is 15.9 Å². The number of hydrogen-bond acceptors (Lipinski definition) is 5. The quantitative estimate of drug-likeness (QED) is 0.592. The van der Waals surface area contributed by atoms with Crippen molar-refractivity contribution < 1.29 is 13.9 Å². The van der Waals surface area contributed by atoms with Crippen molar-refractivity contribution in [2.45, 2.75) is 18.2 Å². The first-order valence-corrected chi connectivity index (χ1v) is 8.10. The lowest BCUT2D eigenvalue weighted by Crippen LogP contribution is -2.14. The maximum absolute atomic E-state index is 13.5. The number of methoxy groups -OCH3 is 1. The summed E-state index contributed by atoms with van der Waals surface area (Å²) in [7, 11) is 1.29. The van der Waals surface area contributed by atoms with Crippen molar-refractivity contribution in [2.24, 2.45) is 0 Å². The number of alkyl halides is 1. The van der Waals surface area contributed by atoms with Crippen molar-refractivity contribution in [1.82, 2.24) is 19.7 Å². The Balaban J connectivity index is 2.13. The van der Waals surface area contributed by atoms with Gasteiger partial charge in [0.15, 0.2) is 17.3 Å². The van der Waals surface area contributed by atoms with Gasteiger partial charge in [-0.2, -0.15) is 5.10 Å². The lowest BCUT2D eigenvalue weighted by atomic mass is 10.0. The molecule has 8 heteroatoms. The molecule has 1 aliphatic rings. The van der Waals surface area contributed by atoms with Crippen LogP contribution in [0.1, 0.15) is 28.4 Å². The first-order valence-electron chi connectivity index (χ1n) is 7.18. The van der Waals surface area contributed by atoms with Crippen LogP contribution < -0.4 is 0 Å². The summed E-state index contributed by atoms with van der Waals surface area (Å²) in [6.45, 7) is 1.87. The first kappa shape index (κ1) is 16.5. The largest absolute Gasteiger partial charge is 0.464 e. The van der Waals surface area contributed by atoms with Crippen LogP contribution in [0.15, 0.2) is 36.3 Å². The summed E-state index contributed by atoms with van der Waals surface area (Å²) >= 11 is 3.27. The molecular formula is C16H14BrFN4O2. The monoisotopic (exact) mass is 392 g/mol. The number of aryl methyl sites for hydroxylation is 1. The molecule has 0 aliphatic heterocycles. The summed E-state index contributed by atoms with van der Waals surface area (Å²) in [4.78, 5) is 20.2. The zero-order valence-electron chi connectivity index (χ0n) is 13.0. The number of esters is 1. The fraction of sp³-hybridized carbons (Fsp3) is 0.250. The van der Waals surface area contributed by atoms with Crippen molar-refractivity contribution in [3.8, 4) is 5.82 Å². The van der Waals surface area contributed by atoms with Crippen LogP contribution in [-0.2, 0) is 4.74 Å². The van der Waals surface area contributed by atoms with E-state index in [2.05, 4.69) is 31.0 Å². The number of halogens is 2. The highest BCUT2D eigenvalue weighted by Crippen LogP contribution is 2.31. The van der Waals surface area contributed by atoms with Gasteiger partial charge in [-0.3, -0.25) is 0 Å². The summed E-state index contributed by atoms with van der Waals surface area (Å²) in [5.41, 5.74) is 1.70. The van der Waals surface area contributed by atoms with Gasteiger partial charge in [-0.1, -0.05) is 22.0 Å². The zero-order chi connectivity index (χ0) is 17.3. The van der Waals surface area contributed by atoms with Crippen molar-refractivity contribution in [3.05, 3.63) is 53.5 Å². The molecule has 0 aromatic carbocycles. The number of carbonyl (C=O) groups excluding carboxylic acids is 1. The van der Waals surface area contributed by atoms with E-state index in [1.807, 2.05) is 13.0 Å². The molecule has 2 heterocycles. The smallest absolute Gasteiger partial charge is 0.356 e. The van der Waals surface area contributed by atoms with Gasteiger partial charge in [-0.15, -0.1) is 0 Å². The first-order chi connectivity index (χ1) is 11.5. The van der Waals surface area contributed by atoms with Gasteiger partial charge in [0.05, 0.1) is 11.9 Å². The molecule has 1 atom stereocenters. The second-order valence-corrected chi connectivity index (χ2v) is 6.33. The average Bonchev–Trinajstić information content (AvgIpc) is 3.02. The number of carbonyl (C=O) groups is 1. The SMILES string of the molecule is COC(=O)c1cc(-n2nccc2C)nc(C2=CC=C(F)C(Br)C2)n1. The molecule has 2 aromatic rings. The molecule has 0 fully saturated rings. The van der Waals surface area contributed by atoms with E-state index in [0.717, 1.165) is 11.3 Å². The van der Waals surface area contributed by atoms with Crippen LogP contribution in [-0.4, -0.2) is 37.7 Å². The van der Waals surface area contributed by atoms with Crippen molar-refractivity contribution in [1.29, 1.82) is 0 Å². The highest BCUT2D eigenvalue weighted by Gasteiger charge is 2.22. The van der Waals surface area contributed by atoms with Crippen LogP contribution in [0, 0.1) is 6.92 Å². The Morgan fingerprint density at radius 2 is 2.21 bits per heavy atom. The summed E-state index contributed by atoms with van der Waals surface area (Å²) in [6.07, 6.45) is 5.00. The Kier molecular flexibility index (Phi) is 4.57. The van der Waals surface area contributed by atoms with E-state index in [0.29, 0.717) is 18.1 Å². The molecule has 0 N–H and O–H groups in total. The minimum atomic E-state index is -0.571. The molecule has 3 rings (SSSR count). The number of allylic oxidation sites excluding steroid dienone is 4. The van der Waals surface area contributed by atoms with Gasteiger partial charge in [0.1, 0.15) is 5.83 Å². The van der Waals surface area contributed by atoms with Crippen LogP contribution in [0.5, 0.6) is 0 Å². The second kappa shape index (κ2) is 6.64. The zero-order valence-corrected chi connectivity index (χ0v) is 14.6. The van der Waals surface area contributed by atoms with E-state index in [4.69, 9.17) is 4.74 Å². The predicted octanol–water partition coefficient (Wildman–Crippen LogP) is 3.16. The highest BCUT2D eigenvalue weighted by atomic mass is 79.9. The maximum atomic E-state index is 13.5. The second-order valence-electron chi connectivity index (χ2n) is 5.23. The lowest BCUT2D eigenvalue weighted by Gasteiger charge is -2.15.